The van der Waals surface area contributed by atoms with Gasteiger partial charge in [-0.1, -0.05) is 29.8 Å². The summed E-state index contributed by atoms with van der Waals surface area (Å²) in [5.74, 6) is 0.206. The molecular formula is C16H20N2OS. The van der Waals surface area contributed by atoms with E-state index in [1.807, 2.05) is 50.7 Å². The van der Waals surface area contributed by atoms with Crippen LogP contribution >= 0.6 is 11.3 Å². The summed E-state index contributed by atoms with van der Waals surface area (Å²) in [6.45, 7) is 5.68. The molecule has 0 aliphatic heterocycles. The smallest absolute Gasteiger partial charge is 0.164 e. The third kappa shape index (κ3) is 3.99. The van der Waals surface area contributed by atoms with Gasteiger partial charge in [0.05, 0.1) is 11.2 Å². The van der Waals surface area contributed by atoms with Gasteiger partial charge in [0.25, 0.3) is 0 Å². The maximum absolute atomic E-state index is 12.1. The van der Waals surface area contributed by atoms with Gasteiger partial charge in [-0.15, -0.1) is 11.3 Å². The summed E-state index contributed by atoms with van der Waals surface area (Å²) < 4.78 is 0. The molecule has 0 fully saturated rings. The Morgan fingerprint density at radius 1 is 1.25 bits per heavy atom. The lowest BCUT2D eigenvalue weighted by Gasteiger charge is -2.15. The van der Waals surface area contributed by atoms with Gasteiger partial charge in [0.2, 0.25) is 0 Å². The molecule has 0 amide bonds. The number of Topliss-reactive ketones (excluding diaryl/α,β-unsaturated/α-hetero) is 1. The van der Waals surface area contributed by atoms with Crippen molar-refractivity contribution in [3.05, 3.63) is 51.5 Å². The molecule has 0 N–H and O–H groups in total. The fourth-order valence-corrected chi connectivity index (χ4v) is 2.83. The molecule has 2 rings (SSSR count). The summed E-state index contributed by atoms with van der Waals surface area (Å²) in [5.41, 5.74) is 4.94. The van der Waals surface area contributed by atoms with Gasteiger partial charge in [0.1, 0.15) is 0 Å². The highest BCUT2D eigenvalue weighted by Gasteiger charge is 2.09. The Labute approximate surface area is 124 Å². The topological polar surface area (TPSA) is 33.2 Å². The SMILES string of the molecule is Cc1ccc(C(=O)CCN(C)Cc2scnc2C)cc1. The van der Waals surface area contributed by atoms with Crippen LogP contribution in [0.4, 0.5) is 0 Å². The van der Waals surface area contributed by atoms with Crippen molar-refractivity contribution in [1.82, 2.24) is 9.88 Å². The zero-order valence-electron chi connectivity index (χ0n) is 12.2. The Hall–Kier alpha value is -1.52. The van der Waals surface area contributed by atoms with Crippen LogP contribution in [-0.4, -0.2) is 29.3 Å². The van der Waals surface area contributed by atoms with E-state index >= 15 is 0 Å². The highest BCUT2D eigenvalue weighted by atomic mass is 32.1. The summed E-state index contributed by atoms with van der Waals surface area (Å²) in [5, 5.41) is 0. The fraction of sp³-hybridized carbons (Fsp3) is 0.375. The third-order valence-electron chi connectivity index (χ3n) is 3.35. The van der Waals surface area contributed by atoms with E-state index in [1.165, 1.54) is 10.4 Å². The maximum atomic E-state index is 12.1. The van der Waals surface area contributed by atoms with E-state index in [1.54, 1.807) is 11.3 Å². The van der Waals surface area contributed by atoms with Crippen LogP contribution < -0.4 is 0 Å². The molecule has 0 radical (unpaired) electrons. The van der Waals surface area contributed by atoms with Gasteiger partial charge < -0.3 is 4.90 Å². The number of carbonyl (C=O) groups is 1. The molecule has 0 spiro atoms. The zero-order chi connectivity index (χ0) is 14.5. The number of aromatic nitrogens is 1. The van der Waals surface area contributed by atoms with Crippen LogP contribution in [0.25, 0.3) is 0 Å². The quantitative estimate of drug-likeness (QED) is 0.763. The summed E-state index contributed by atoms with van der Waals surface area (Å²) >= 11 is 1.67. The minimum atomic E-state index is 0.206. The van der Waals surface area contributed by atoms with Crippen LogP contribution in [0.2, 0.25) is 0 Å². The Kier molecular flexibility index (Phi) is 5.04. The second-order valence-corrected chi connectivity index (χ2v) is 6.08. The lowest BCUT2D eigenvalue weighted by atomic mass is 10.1. The number of benzene rings is 1. The van der Waals surface area contributed by atoms with E-state index in [-0.39, 0.29) is 5.78 Å². The van der Waals surface area contributed by atoms with Gasteiger partial charge in [-0.3, -0.25) is 4.79 Å². The molecule has 0 unspecified atom stereocenters. The van der Waals surface area contributed by atoms with Crippen molar-refractivity contribution in [2.24, 2.45) is 0 Å². The van der Waals surface area contributed by atoms with Crippen LogP contribution in [0.3, 0.4) is 0 Å². The third-order valence-corrected chi connectivity index (χ3v) is 4.27. The normalized spacial score (nSPS) is 11.0. The van der Waals surface area contributed by atoms with Gasteiger partial charge in [-0.25, -0.2) is 4.98 Å². The lowest BCUT2D eigenvalue weighted by molar-refractivity contribution is 0.0968. The largest absolute Gasteiger partial charge is 0.301 e. The van der Waals surface area contributed by atoms with E-state index in [0.717, 1.165) is 24.3 Å². The first-order valence-corrected chi connectivity index (χ1v) is 7.61. The van der Waals surface area contributed by atoms with Gasteiger partial charge in [0.15, 0.2) is 5.78 Å². The van der Waals surface area contributed by atoms with Gasteiger partial charge in [-0.2, -0.15) is 0 Å². The van der Waals surface area contributed by atoms with Gasteiger partial charge in [0, 0.05) is 30.0 Å². The molecule has 3 nitrogen and oxygen atoms in total. The molecular weight excluding hydrogens is 268 g/mol. The molecule has 1 aromatic carbocycles. The van der Waals surface area contributed by atoms with Crippen LogP contribution in [0.5, 0.6) is 0 Å². The predicted octanol–water partition coefficient (Wildman–Crippen LogP) is 3.46. The van der Waals surface area contributed by atoms with E-state index in [4.69, 9.17) is 0 Å². The van der Waals surface area contributed by atoms with Crippen LogP contribution in [0.1, 0.15) is 32.9 Å². The number of rotatable bonds is 6. The fourth-order valence-electron chi connectivity index (χ4n) is 1.98. The number of thiazole rings is 1. The number of ketones is 1. The summed E-state index contributed by atoms with van der Waals surface area (Å²) in [4.78, 5) is 19.8. The highest BCUT2D eigenvalue weighted by molar-refractivity contribution is 7.09. The van der Waals surface area contributed by atoms with Crippen molar-refractivity contribution < 1.29 is 4.79 Å². The first-order valence-electron chi connectivity index (χ1n) is 6.73. The molecule has 0 bridgehead atoms. The number of carbonyl (C=O) groups excluding carboxylic acids is 1. The first kappa shape index (κ1) is 14.9. The predicted molar refractivity (Wildman–Crippen MR) is 83.3 cm³/mol. The molecule has 20 heavy (non-hydrogen) atoms. The van der Waals surface area contributed by atoms with E-state index in [0.29, 0.717) is 6.42 Å². The van der Waals surface area contributed by atoms with Gasteiger partial charge >= 0.3 is 0 Å². The number of hydrogen-bond donors (Lipinski definition) is 0. The van der Waals surface area contributed by atoms with Crippen molar-refractivity contribution in [1.29, 1.82) is 0 Å². The van der Waals surface area contributed by atoms with Crippen LogP contribution in [0.15, 0.2) is 29.8 Å². The molecule has 0 aliphatic carbocycles. The van der Waals surface area contributed by atoms with Crippen molar-refractivity contribution in [3.8, 4) is 0 Å². The van der Waals surface area contributed by atoms with E-state index < -0.39 is 0 Å². The second kappa shape index (κ2) is 6.77. The van der Waals surface area contributed by atoms with Crippen LogP contribution in [-0.2, 0) is 6.54 Å². The average molecular weight is 288 g/mol. The Morgan fingerprint density at radius 2 is 1.95 bits per heavy atom. The van der Waals surface area contributed by atoms with Crippen molar-refractivity contribution in [3.63, 3.8) is 0 Å². The minimum absolute atomic E-state index is 0.206. The summed E-state index contributed by atoms with van der Waals surface area (Å²) in [6.07, 6.45) is 0.553. The lowest BCUT2D eigenvalue weighted by Crippen LogP contribution is -2.21. The molecule has 1 heterocycles. The summed E-state index contributed by atoms with van der Waals surface area (Å²) in [6, 6.07) is 7.78. The molecule has 4 heteroatoms. The Morgan fingerprint density at radius 3 is 2.55 bits per heavy atom. The number of hydrogen-bond acceptors (Lipinski definition) is 4. The Bertz CT molecular complexity index is 574. The molecule has 0 atom stereocenters. The molecule has 0 saturated carbocycles. The van der Waals surface area contributed by atoms with E-state index in [2.05, 4.69) is 9.88 Å². The van der Waals surface area contributed by atoms with Crippen molar-refractivity contribution >= 4 is 17.1 Å². The number of aryl methyl sites for hydroxylation is 2. The monoisotopic (exact) mass is 288 g/mol. The number of nitrogens with zero attached hydrogens (tertiary/aromatic N) is 2. The second-order valence-electron chi connectivity index (χ2n) is 5.14. The van der Waals surface area contributed by atoms with Crippen molar-refractivity contribution in [2.45, 2.75) is 26.8 Å². The van der Waals surface area contributed by atoms with E-state index in [9.17, 15) is 4.79 Å². The minimum Gasteiger partial charge on any atom is -0.301 e. The molecule has 0 aliphatic rings. The average Bonchev–Trinajstić information content (AvgIpc) is 2.82. The summed E-state index contributed by atoms with van der Waals surface area (Å²) in [7, 11) is 2.04. The van der Waals surface area contributed by atoms with Gasteiger partial charge in [-0.05, 0) is 20.9 Å². The Balaban J connectivity index is 1.84. The molecule has 2 aromatic rings. The highest BCUT2D eigenvalue weighted by Crippen LogP contribution is 2.14. The van der Waals surface area contributed by atoms with Crippen molar-refractivity contribution in [2.75, 3.05) is 13.6 Å². The zero-order valence-corrected chi connectivity index (χ0v) is 13.0. The molecule has 1 aromatic heterocycles. The maximum Gasteiger partial charge on any atom is 0.164 e. The standard InChI is InChI=1S/C16H20N2OS/c1-12-4-6-14(7-5-12)15(19)8-9-18(3)10-16-13(2)17-11-20-16/h4-7,11H,8-10H2,1-3H3. The molecule has 106 valence electrons. The van der Waals surface area contributed by atoms with Crippen LogP contribution in [0, 0.1) is 13.8 Å². The molecule has 0 saturated heterocycles. The first-order chi connectivity index (χ1) is 9.56.